The fourth-order valence-corrected chi connectivity index (χ4v) is 2.48. The van der Waals surface area contributed by atoms with Crippen molar-refractivity contribution < 1.29 is 9.47 Å². The maximum atomic E-state index is 5.96. The topological polar surface area (TPSA) is 30.5 Å². The molecule has 0 radical (unpaired) electrons. The Balaban J connectivity index is 1.71. The highest BCUT2D eigenvalue weighted by Crippen LogP contribution is 2.32. The Kier molecular flexibility index (Phi) is 3.77. The van der Waals surface area contributed by atoms with Crippen LogP contribution in [0.3, 0.4) is 0 Å². The fraction of sp³-hybridized carbons (Fsp3) is 0.294. The number of hydrogen-bond donors (Lipinski definition) is 1. The van der Waals surface area contributed by atoms with Crippen molar-refractivity contribution in [2.24, 2.45) is 0 Å². The molecular weight excluding hydrogens is 250 g/mol. The molecule has 104 valence electrons. The average Bonchev–Trinajstić information content (AvgIpc) is 2.53. The van der Waals surface area contributed by atoms with Gasteiger partial charge in [0.2, 0.25) is 0 Å². The van der Waals surface area contributed by atoms with Crippen LogP contribution < -0.4 is 14.8 Å². The monoisotopic (exact) mass is 269 g/mol. The number of aryl methyl sites for hydroxylation is 1. The number of rotatable bonds is 4. The quantitative estimate of drug-likeness (QED) is 0.919. The van der Waals surface area contributed by atoms with Crippen molar-refractivity contribution >= 4 is 5.69 Å². The van der Waals surface area contributed by atoms with Gasteiger partial charge in [0.1, 0.15) is 18.1 Å². The van der Waals surface area contributed by atoms with Crippen molar-refractivity contribution in [2.45, 2.75) is 19.4 Å². The predicted molar refractivity (Wildman–Crippen MR) is 80.6 cm³/mol. The van der Waals surface area contributed by atoms with Gasteiger partial charge in [0, 0.05) is 6.54 Å². The largest absolute Gasteiger partial charge is 0.497 e. The lowest BCUT2D eigenvalue weighted by Crippen LogP contribution is -2.13. The van der Waals surface area contributed by atoms with Gasteiger partial charge in [-0.1, -0.05) is 24.3 Å². The summed E-state index contributed by atoms with van der Waals surface area (Å²) in [6.07, 6.45) is 2.32. The van der Waals surface area contributed by atoms with Gasteiger partial charge in [-0.25, -0.2) is 0 Å². The van der Waals surface area contributed by atoms with Crippen molar-refractivity contribution in [3.63, 3.8) is 0 Å². The summed E-state index contributed by atoms with van der Waals surface area (Å²) in [5.41, 5.74) is 3.65. The van der Waals surface area contributed by atoms with Crippen LogP contribution in [0.15, 0.2) is 42.5 Å². The van der Waals surface area contributed by atoms with E-state index in [1.165, 1.54) is 12.0 Å². The highest BCUT2D eigenvalue weighted by atomic mass is 16.5. The third-order valence-corrected chi connectivity index (χ3v) is 3.59. The Morgan fingerprint density at radius 3 is 2.75 bits per heavy atom. The molecule has 0 atom stereocenters. The molecule has 1 aliphatic heterocycles. The van der Waals surface area contributed by atoms with Crippen LogP contribution in [0.5, 0.6) is 11.5 Å². The first-order valence-corrected chi connectivity index (χ1v) is 6.98. The highest BCUT2D eigenvalue weighted by Gasteiger charge is 2.13. The van der Waals surface area contributed by atoms with E-state index in [0.717, 1.165) is 35.7 Å². The zero-order valence-electron chi connectivity index (χ0n) is 11.7. The number of ether oxygens (including phenoxy) is 2. The van der Waals surface area contributed by atoms with Gasteiger partial charge >= 0.3 is 0 Å². The molecule has 20 heavy (non-hydrogen) atoms. The van der Waals surface area contributed by atoms with Gasteiger partial charge in [-0.05, 0) is 42.2 Å². The number of nitrogens with one attached hydrogen (secondary N) is 1. The van der Waals surface area contributed by atoms with Gasteiger partial charge in [-0.3, -0.25) is 0 Å². The second-order valence-corrected chi connectivity index (χ2v) is 4.96. The molecule has 1 N–H and O–H groups in total. The van der Waals surface area contributed by atoms with Crippen LogP contribution in [0.2, 0.25) is 0 Å². The minimum Gasteiger partial charge on any atom is -0.497 e. The van der Waals surface area contributed by atoms with E-state index in [2.05, 4.69) is 17.4 Å². The molecule has 1 heterocycles. The minimum atomic E-state index is 0.572. The molecule has 3 nitrogen and oxygen atoms in total. The third-order valence-electron chi connectivity index (χ3n) is 3.59. The van der Waals surface area contributed by atoms with Gasteiger partial charge in [0.05, 0.1) is 12.8 Å². The van der Waals surface area contributed by atoms with Crippen LogP contribution in [0.25, 0.3) is 0 Å². The van der Waals surface area contributed by atoms with Crippen molar-refractivity contribution in [1.29, 1.82) is 0 Å². The van der Waals surface area contributed by atoms with Crippen LogP contribution in [0.1, 0.15) is 17.5 Å². The standard InChI is InChI=1S/C17H19NO2/c1-19-15-9-7-13(8-10-15)12-20-16-6-2-4-14-5-3-11-18-17(14)16/h2,4,6-10,18H,3,5,11-12H2,1H3. The molecular formula is C17H19NO2. The Morgan fingerprint density at radius 1 is 1.10 bits per heavy atom. The van der Waals surface area contributed by atoms with Crippen molar-refractivity contribution in [3.05, 3.63) is 53.6 Å². The SMILES string of the molecule is COc1ccc(COc2cccc3c2NCCC3)cc1. The van der Waals surface area contributed by atoms with Crippen molar-refractivity contribution in [3.8, 4) is 11.5 Å². The average molecular weight is 269 g/mol. The van der Waals surface area contributed by atoms with Gasteiger partial charge in [-0.2, -0.15) is 0 Å². The summed E-state index contributed by atoms with van der Waals surface area (Å²) < 4.78 is 11.1. The molecule has 3 rings (SSSR count). The molecule has 1 aliphatic rings. The summed E-state index contributed by atoms with van der Waals surface area (Å²) >= 11 is 0. The molecule has 0 saturated carbocycles. The summed E-state index contributed by atoms with van der Waals surface area (Å²) in [5.74, 6) is 1.81. The Morgan fingerprint density at radius 2 is 1.95 bits per heavy atom. The molecule has 0 unspecified atom stereocenters. The Hall–Kier alpha value is -2.16. The van der Waals surface area contributed by atoms with E-state index in [4.69, 9.17) is 9.47 Å². The van der Waals surface area contributed by atoms with E-state index in [1.54, 1.807) is 7.11 Å². The lowest BCUT2D eigenvalue weighted by Gasteiger charge is -2.21. The maximum Gasteiger partial charge on any atom is 0.143 e. The first-order valence-electron chi connectivity index (χ1n) is 6.98. The number of benzene rings is 2. The molecule has 2 aromatic carbocycles. The lowest BCUT2D eigenvalue weighted by atomic mass is 10.0. The van der Waals surface area contributed by atoms with Crippen LogP contribution in [0, 0.1) is 0 Å². The Labute approximate surface area is 119 Å². The van der Waals surface area contributed by atoms with E-state index in [1.807, 2.05) is 30.3 Å². The first-order chi connectivity index (χ1) is 9.86. The first kappa shape index (κ1) is 12.9. The number of hydrogen-bond acceptors (Lipinski definition) is 3. The van der Waals surface area contributed by atoms with Gasteiger partial charge < -0.3 is 14.8 Å². The summed E-state index contributed by atoms with van der Waals surface area (Å²) in [6.45, 7) is 1.60. The minimum absolute atomic E-state index is 0.572. The van der Waals surface area contributed by atoms with Gasteiger partial charge in [0.25, 0.3) is 0 Å². The van der Waals surface area contributed by atoms with Gasteiger partial charge in [-0.15, -0.1) is 0 Å². The van der Waals surface area contributed by atoms with Crippen molar-refractivity contribution in [1.82, 2.24) is 0 Å². The number of para-hydroxylation sites is 1. The fourth-order valence-electron chi connectivity index (χ4n) is 2.48. The molecule has 0 amide bonds. The smallest absolute Gasteiger partial charge is 0.143 e. The number of methoxy groups -OCH3 is 1. The molecule has 3 heteroatoms. The summed E-state index contributed by atoms with van der Waals surface area (Å²) in [6, 6.07) is 14.2. The van der Waals surface area contributed by atoms with Gasteiger partial charge in [0.15, 0.2) is 0 Å². The molecule has 0 saturated heterocycles. The van der Waals surface area contributed by atoms with E-state index in [0.29, 0.717) is 6.61 Å². The number of fused-ring (bicyclic) bond motifs is 1. The molecule has 0 bridgehead atoms. The highest BCUT2D eigenvalue weighted by molar-refractivity contribution is 5.63. The zero-order chi connectivity index (χ0) is 13.8. The lowest BCUT2D eigenvalue weighted by molar-refractivity contribution is 0.307. The van der Waals surface area contributed by atoms with Crippen LogP contribution in [0.4, 0.5) is 5.69 Å². The molecule has 2 aromatic rings. The second-order valence-electron chi connectivity index (χ2n) is 4.96. The number of anilines is 1. The third kappa shape index (κ3) is 2.72. The Bertz CT molecular complexity index is 578. The predicted octanol–water partition coefficient (Wildman–Crippen LogP) is 3.63. The van der Waals surface area contributed by atoms with E-state index in [-0.39, 0.29) is 0 Å². The maximum absolute atomic E-state index is 5.96. The van der Waals surface area contributed by atoms with Crippen molar-refractivity contribution in [2.75, 3.05) is 19.0 Å². The van der Waals surface area contributed by atoms with Crippen LogP contribution in [-0.2, 0) is 13.0 Å². The normalized spacial score (nSPS) is 13.2. The van der Waals surface area contributed by atoms with Crippen LogP contribution in [-0.4, -0.2) is 13.7 Å². The molecule has 0 fully saturated rings. The molecule has 0 spiro atoms. The van der Waals surface area contributed by atoms with E-state index < -0.39 is 0 Å². The molecule has 0 aromatic heterocycles. The second kappa shape index (κ2) is 5.87. The van der Waals surface area contributed by atoms with Crippen LogP contribution >= 0.6 is 0 Å². The summed E-state index contributed by atoms with van der Waals surface area (Å²) in [4.78, 5) is 0. The van der Waals surface area contributed by atoms with E-state index >= 15 is 0 Å². The zero-order valence-corrected chi connectivity index (χ0v) is 11.7. The molecule has 0 aliphatic carbocycles. The van der Waals surface area contributed by atoms with E-state index in [9.17, 15) is 0 Å². The summed E-state index contributed by atoms with van der Waals surface area (Å²) in [7, 11) is 1.67. The summed E-state index contributed by atoms with van der Waals surface area (Å²) in [5, 5.41) is 3.44.